The standard InChI is InChI=1S/C15H10BrNOS/c16-12-5-3-10(4-6-12)14-9-11(15(18)17-14)8-13-2-1-7-19-13/h1-9H,(H,17,18). The number of hydrogen-bond donors (Lipinski definition) is 1. The molecule has 2 nitrogen and oxygen atoms in total. The van der Waals surface area contributed by atoms with E-state index < -0.39 is 0 Å². The Hall–Kier alpha value is -1.65. The van der Waals surface area contributed by atoms with Crippen LogP contribution in [0.5, 0.6) is 0 Å². The average Bonchev–Trinajstić information content (AvgIpc) is 3.02. The molecule has 2 heterocycles. The molecule has 0 radical (unpaired) electrons. The van der Waals surface area contributed by atoms with Crippen molar-refractivity contribution in [3.05, 3.63) is 68.3 Å². The number of rotatable bonds is 2. The maximum Gasteiger partial charge on any atom is 0.255 e. The Morgan fingerprint density at radius 2 is 1.95 bits per heavy atom. The van der Waals surface area contributed by atoms with Crippen molar-refractivity contribution >= 4 is 44.9 Å². The Labute approximate surface area is 123 Å². The molecule has 1 aromatic heterocycles. The lowest BCUT2D eigenvalue weighted by Crippen LogP contribution is -2.15. The van der Waals surface area contributed by atoms with Crippen molar-refractivity contribution < 1.29 is 4.79 Å². The van der Waals surface area contributed by atoms with Gasteiger partial charge >= 0.3 is 0 Å². The first-order valence-corrected chi connectivity index (χ1v) is 7.44. The molecule has 0 saturated heterocycles. The first kappa shape index (κ1) is 12.4. The highest BCUT2D eigenvalue weighted by Gasteiger charge is 2.18. The lowest BCUT2D eigenvalue weighted by Gasteiger charge is -2.02. The van der Waals surface area contributed by atoms with Crippen molar-refractivity contribution in [1.82, 2.24) is 5.32 Å². The second-order valence-electron chi connectivity index (χ2n) is 4.13. The van der Waals surface area contributed by atoms with Crippen molar-refractivity contribution in [2.75, 3.05) is 0 Å². The minimum absolute atomic E-state index is 0.0497. The summed E-state index contributed by atoms with van der Waals surface area (Å²) in [6.45, 7) is 0. The third-order valence-corrected chi connectivity index (χ3v) is 4.15. The van der Waals surface area contributed by atoms with Gasteiger partial charge in [0, 0.05) is 20.6 Å². The average molecular weight is 332 g/mol. The van der Waals surface area contributed by atoms with E-state index in [9.17, 15) is 4.79 Å². The van der Waals surface area contributed by atoms with Crippen LogP contribution in [0.25, 0.3) is 11.8 Å². The van der Waals surface area contributed by atoms with Crippen LogP contribution in [-0.4, -0.2) is 5.91 Å². The molecule has 0 saturated carbocycles. The minimum Gasteiger partial charge on any atom is -0.321 e. The van der Waals surface area contributed by atoms with Gasteiger partial charge in [-0.1, -0.05) is 34.1 Å². The van der Waals surface area contributed by atoms with E-state index in [1.807, 2.05) is 53.9 Å². The molecule has 0 bridgehead atoms. The van der Waals surface area contributed by atoms with Gasteiger partial charge < -0.3 is 5.32 Å². The number of hydrogen-bond acceptors (Lipinski definition) is 2. The molecule has 1 aliphatic rings. The van der Waals surface area contributed by atoms with Gasteiger partial charge in [0.25, 0.3) is 5.91 Å². The Balaban J connectivity index is 1.93. The van der Waals surface area contributed by atoms with Crippen LogP contribution in [-0.2, 0) is 4.79 Å². The molecule has 1 N–H and O–H groups in total. The largest absolute Gasteiger partial charge is 0.321 e. The third-order valence-electron chi connectivity index (χ3n) is 2.81. The van der Waals surface area contributed by atoms with Gasteiger partial charge in [-0.3, -0.25) is 4.79 Å². The zero-order chi connectivity index (χ0) is 13.2. The quantitative estimate of drug-likeness (QED) is 0.826. The van der Waals surface area contributed by atoms with Crippen LogP contribution in [0, 0.1) is 0 Å². The number of benzene rings is 1. The summed E-state index contributed by atoms with van der Waals surface area (Å²) in [7, 11) is 0. The lowest BCUT2D eigenvalue weighted by molar-refractivity contribution is -0.115. The first-order valence-electron chi connectivity index (χ1n) is 5.76. The summed E-state index contributed by atoms with van der Waals surface area (Å²) in [4.78, 5) is 13.0. The fourth-order valence-electron chi connectivity index (χ4n) is 1.87. The molecule has 1 amide bonds. The van der Waals surface area contributed by atoms with E-state index in [2.05, 4.69) is 21.2 Å². The van der Waals surface area contributed by atoms with E-state index in [4.69, 9.17) is 0 Å². The van der Waals surface area contributed by atoms with E-state index in [1.165, 1.54) is 0 Å². The summed E-state index contributed by atoms with van der Waals surface area (Å²) in [6.07, 6.45) is 3.80. The van der Waals surface area contributed by atoms with Crippen LogP contribution in [0.3, 0.4) is 0 Å². The number of carbonyl (C=O) groups excluding carboxylic acids is 1. The number of thiophene rings is 1. The van der Waals surface area contributed by atoms with Crippen LogP contribution in [0.4, 0.5) is 0 Å². The van der Waals surface area contributed by atoms with Crippen molar-refractivity contribution in [3.8, 4) is 0 Å². The molecule has 0 atom stereocenters. The van der Waals surface area contributed by atoms with Crippen molar-refractivity contribution in [2.24, 2.45) is 0 Å². The number of halogens is 1. The fourth-order valence-corrected chi connectivity index (χ4v) is 2.80. The van der Waals surface area contributed by atoms with Gasteiger partial charge in [0.15, 0.2) is 0 Å². The summed E-state index contributed by atoms with van der Waals surface area (Å²) in [5, 5.41) is 4.89. The second kappa shape index (κ2) is 5.15. The van der Waals surface area contributed by atoms with Crippen molar-refractivity contribution in [3.63, 3.8) is 0 Å². The van der Waals surface area contributed by atoms with Gasteiger partial charge in [0.1, 0.15) is 0 Å². The molecular weight excluding hydrogens is 322 g/mol. The monoisotopic (exact) mass is 331 g/mol. The Bertz CT molecular complexity index is 669. The summed E-state index contributed by atoms with van der Waals surface area (Å²) >= 11 is 5.02. The highest BCUT2D eigenvalue weighted by Crippen LogP contribution is 2.24. The van der Waals surface area contributed by atoms with Crippen LogP contribution in [0.2, 0.25) is 0 Å². The Morgan fingerprint density at radius 1 is 1.16 bits per heavy atom. The fraction of sp³-hybridized carbons (Fsp3) is 0. The van der Waals surface area contributed by atoms with Crippen LogP contribution >= 0.6 is 27.3 Å². The molecule has 4 heteroatoms. The van der Waals surface area contributed by atoms with Gasteiger partial charge in [-0.15, -0.1) is 11.3 Å². The van der Waals surface area contributed by atoms with Gasteiger partial charge in [-0.2, -0.15) is 0 Å². The molecule has 0 fully saturated rings. The van der Waals surface area contributed by atoms with Crippen LogP contribution in [0.1, 0.15) is 10.4 Å². The molecule has 1 aromatic carbocycles. The number of nitrogens with one attached hydrogen (secondary N) is 1. The summed E-state index contributed by atoms with van der Waals surface area (Å²) < 4.78 is 1.02. The molecule has 94 valence electrons. The molecule has 19 heavy (non-hydrogen) atoms. The summed E-state index contributed by atoms with van der Waals surface area (Å²) in [5.41, 5.74) is 2.55. The predicted octanol–water partition coefficient (Wildman–Crippen LogP) is 4.06. The van der Waals surface area contributed by atoms with Gasteiger partial charge in [0.2, 0.25) is 0 Å². The smallest absolute Gasteiger partial charge is 0.255 e. The minimum atomic E-state index is -0.0497. The molecule has 1 aliphatic heterocycles. The highest BCUT2D eigenvalue weighted by atomic mass is 79.9. The maximum absolute atomic E-state index is 11.9. The third kappa shape index (κ3) is 2.69. The molecule has 0 aliphatic carbocycles. The van der Waals surface area contributed by atoms with E-state index in [0.29, 0.717) is 5.57 Å². The topological polar surface area (TPSA) is 29.1 Å². The zero-order valence-corrected chi connectivity index (χ0v) is 12.3. The van der Waals surface area contributed by atoms with E-state index in [0.717, 1.165) is 20.6 Å². The van der Waals surface area contributed by atoms with Crippen molar-refractivity contribution in [1.29, 1.82) is 0 Å². The normalized spacial score (nSPS) is 16.6. The van der Waals surface area contributed by atoms with E-state index >= 15 is 0 Å². The maximum atomic E-state index is 11.9. The number of carbonyl (C=O) groups is 1. The second-order valence-corrected chi connectivity index (χ2v) is 6.03. The van der Waals surface area contributed by atoms with Crippen LogP contribution in [0.15, 0.2) is 57.9 Å². The molecule has 0 unspecified atom stereocenters. The first-order chi connectivity index (χ1) is 9.22. The summed E-state index contributed by atoms with van der Waals surface area (Å²) in [5.74, 6) is -0.0497. The molecular formula is C15H10BrNOS. The molecule has 3 rings (SSSR count). The van der Waals surface area contributed by atoms with Gasteiger partial charge in [0.05, 0.1) is 0 Å². The predicted molar refractivity (Wildman–Crippen MR) is 82.6 cm³/mol. The lowest BCUT2D eigenvalue weighted by atomic mass is 10.1. The summed E-state index contributed by atoms with van der Waals surface area (Å²) in [6, 6.07) is 11.8. The SMILES string of the molecule is O=C1NC(c2ccc(Br)cc2)=CC1=Cc1cccs1. The molecule has 0 spiro atoms. The van der Waals surface area contributed by atoms with Crippen LogP contribution < -0.4 is 5.32 Å². The Kier molecular flexibility index (Phi) is 3.36. The number of amides is 1. The van der Waals surface area contributed by atoms with Gasteiger partial charge in [-0.05, 0) is 41.3 Å². The van der Waals surface area contributed by atoms with E-state index in [1.54, 1.807) is 11.3 Å². The van der Waals surface area contributed by atoms with Gasteiger partial charge in [-0.25, -0.2) is 0 Å². The van der Waals surface area contributed by atoms with Crippen molar-refractivity contribution in [2.45, 2.75) is 0 Å². The Morgan fingerprint density at radius 3 is 2.63 bits per heavy atom. The highest BCUT2D eigenvalue weighted by molar-refractivity contribution is 9.10. The molecule has 2 aromatic rings. The zero-order valence-electron chi connectivity index (χ0n) is 9.89. The van der Waals surface area contributed by atoms with E-state index in [-0.39, 0.29) is 5.91 Å².